The third-order valence-electron chi connectivity index (χ3n) is 1.30. The average molecular weight is 154 g/mol. The standard InChI is InChI=1S/C9H16NO/c1-3-4-5-6-7-8-9-10-11-2/h3-4,9H,1,5-8H2,2H3/b4-3+,10-9-. The van der Waals surface area contributed by atoms with Gasteiger partial charge in [-0.2, -0.15) is 0 Å². The van der Waals surface area contributed by atoms with E-state index >= 15 is 0 Å². The summed E-state index contributed by atoms with van der Waals surface area (Å²) in [6.45, 7) is 3.61. The van der Waals surface area contributed by atoms with Gasteiger partial charge in [0, 0.05) is 6.21 Å². The van der Waals surface area contributed by atoms with E-state index in [-0.39, 0.29) is 0 Å². The lowest BCUT2D eigenvalue weighted by Gasteiger charge is -1.91. The summed E-state index contributed by atoms with van der Waals surface area (Å²) in [7, 11) is 1.56. The first-order chi connectivity index (χ1) is 5.41. The molecule has 0 N–H and O–H groups in total. The molecule has 1 radical (unpaired) electrons. The molecule has 0 unspecified atom stereocenters. The Labute approximate surface area is 68.9 Å². The predicted molar refractivity (Wildman–Crippen MR) is 48.5 cm³/mol. The zero-order valence-corrected chi connectivity index (χ0v) is 7.12. The first kappa shape index (κ1) is 10.2. The maximum atomic E-state index is 4.51. The third-order valence-corrected chi connectivity index (χ3v) is 1.30. The van der Waals surface area contributed by atoms with Crippen LogP contribution in [0.3, 0.4) is 0 Å². The van der Waals surface area contributed by atoms with Gasteiger partial charge in [-0.15, -0.1) is 0 Å². The topological polar surface area (TPSA) is 21.6 Å². The molecule has 0 amide bonds. The number of oxime groups is 1. The Kier molecular flexibility index (Phi) is 8.55. The molecular formula is C9H16NO. The molecule has 0 aromatic carbocycles. The molecule has 2 nitrogen and oxygen atoms in total. The van der Waals surface area contributed by atoms with Crippen LogP contribution in [-0.4, -0.2) is 13.3 Å². The van der Waals surface area contributed by atoms with Gasteiger partial charge in [-0.1, -0.05) is 17.3 Å². The highest BCUT2D eigenvalue weighted by molar-refractivity contribution is 5.55. The van der Waals surface area contributed by atoms with Crippen LogP contribution >= 0.6 is 0 Å². The highest BCUT2D eigenvalue weighted by atomic mass is 16.6. The van der Waals surface area contributed by atoms with E-state index in [4.69, 9.17) is 0 Å². The molecule has 0 aliphatic heterocycles. The third kappa shape index (κ3) is 9.21. The van der Waals surface area contributed by atoms with E-state index in [1.807, 2.05) is 6.08 Å². The van der Waals surface area contributed by atoms with Crippen LogP contribution < -0.4 is 0 Å². The number of allylic oxidation sites excluding steroid dienone is 2. The van der Waals surface area contributed by atoms with Crippen molar-refractivity contribution >= 4 is 6.21 Å². The zero-order chi connectivity index (χ0) is 8.36. The van der Waals surface area contributed by atoms with Gasteiger partial charge in [-0.25, -0.2) is 0 Å². The number of hydrogen-bond donors (Lipinski definition) is 0. The molecule has 0 aromatic rings. The highest BCUT2D eigenvalue weighted by Crippen LogP contribution is 1.98. The minimum Gasteiger partial charge on any atom is -0.399 e. The second kappa shape index (κ2) is 9.21. The molecule has 63 valence electrons. The van der Waals surface area contributed by atoms with Crippen molar-refractivity contribution in [3.63, 3.8) is 0 Å². The second-order valence-corrected chi connectivity index (χ2v) is 2.23. The van der Waals surface area contributed by atoms with Gasteiger partial charge < -0.3 is 4.84 Å². The van der Waals surface area contributed by atoms with Crippen molar-refractivity contribution in [2.75, 3.05) is 7.11 Å². The fourth-order valence-electron chi connectivity index (χ4n) is 0.743. The largest absolute Gasteiger partial charge is 0.399 e. The van der Waals surface area contributed by atoms with Gasteiger partial charge in [-0.3, -0.25) is 0 Å². The number of nitrogens with zero attached hydrogens (tertiary/aromatic N) is 1. The summed E-state index contributed by atoms with van der Waals surface area (Å²) in [6, 6.07) is 0. The SMILES string of the molecule is [CH2]/C=C/CCCC/C=N\OC. The van der Waals surface area contributed by atoms with Crippen LogP contribution in [0.15, 0.2) is 17.3 Å². The molecule has 0 rings (SSSR count). The maximum absolute atomic E-state index is 4.51. The van der Waals surface area contributed by atoms with E-state index in [0.717, 1.165) is 19.3 Å². The van der Waals surface area contributed by atoms with E-state index in [0.29, 0.717) is 0 Å². The second-order valence-electron chi connectivity index (χ2n) is 2.23. The molecule has 0 bridgehead atoms. The summed E-state index contributed by atoms with van der Waals surface area (Å²) in [5, 5.41) is 3.63. The van der Waals surface area contributed by atoms with E-state index in [2.05, 4.69) is 23.0 Å². The average Bonchev–Trinajstić information content (AvgIpc) is 2.03. The van der Waals surface area contributed by atoms with Crippen molar-refractivity contribution in [1.82, 2.24) is 0 Å². The molecule has 0 saturated heterocycles. The summed E-state index contributed by atoms with van der Waals surface area (Å²) in [5.74, 6) is 0. The van der Waals surface area contributed by atoms with Crippen LogP contribution in [0.4, 0.5) is 0 Å². The Morgan fingerprint density at radius 3 is 2.73 bits per heavy atom. The highest BCUT2D eigenvalue weighted by Gasteiger charge is 1.82. The Bertz CT molecular complexity index is 119. The number of rotatable bonds is 6. The van der Waals surface area contributed by atoms with Crippen LogP contribution in [0, 0.1) is 6.92 Å². The van der Waals surface area contributed by atoms with Crippen molar-refractivity contribution in [1.29, 1.82) is 0 Å². The lowest BCUT2D eigenvalue weighted by molar-refractivity contribution is 0.214. The minimum atomic E-state index is 0.999. The first-order valence-corrected chi connectivity index (χ1v) is 3.91. The fraction of sp³-hybridized carbons (Fsp3) is 0.556. The van der Waals surface area contributed by atoms with Gasteiger partial charge in [0.05, 0.1) is 0 Å². The van der Waals surface area contributed by atoms with Crippen molar-refractivity contribution < 1.29 is 4.84 Å². The molecule has 11 heavy (non-hydrogen) atoms. The van der Waals surface area contributed by atoms with E-state index in [1.54, 1.807) is 13.3 Å². The van der Waals surface area contributed by atoms with Crippen LogP contribution in [-0.2, 0) is 4.84 Å². The van der Waals surface area contributed by atoms with Gasteiger partial charge in [0.2, 0.25) is 0 Å². The zero-order valence-electron chi connectivity index (χ0n) is 7.12. The molecule has 0 spiro atoms. The van der Waals surface area contributed by atoms with E-state index in [9.17, 15) is 0 Å². The Hall–Kier alpha value is -0.790. The van der Waals surface area contributed by atoms with Crippen molar-refractivity contribution in [2.45, 2.75) is 25.7 Å². The fourth-order valence-corrected chi connectivity index (χ4v) is 0.743. The van der Waals surface area contributed by atoms with Crippen LogP contribution in [0.1, 0.15) is 25.7 Å². The van der Waals surface area contributed by atoms with Crippen LogP contribution in [0.5, 0.6) is 0 Å². The van der Waals surface area contributed by atoms with Crippen LogP contribution in [0.25, 0.3) is 0 Å². The van der Waals surface area contributed by atoms with Crippen molar-refractivity contribution in [3.05, 3.63) is 19.1 Å². The summed E-state index contributed by atoms with van der Waals surface area (Å²) >= 11 is 0. The summed E-state index contributed by atoms with van der Waals surface area (Å²) in [4.78, 5) is 4.51. The molecule has 0 heterocycles. The Morgan fingerprint density at radius 1 is 1.36 bits per heavy atom. The molecular weight excluding hydrogens is 138 g/mol. The number of unbranched alkanes of at least 4 members (excludes halogenated alkanes) is 3. The van der Waals surface area contributed by atoms with Gasteiger partial charge >= 0.3 is 0 Å². The molecule has 0 atom stereocenters. The Balaban J connectivity index is 2.96. The van der Waals surface area contributed by atoms with Gasteiger partial charge in [0.15, 0.2) is 0 Å². The predicted octanol–water partition coefficient (Wildman–Crippen LogP) is 2.57. The normalized spacial score (nSPS) is 11.5. The monoisotopic (exact) mass is 154 g/mol. The van der Waals surface area contributed by atoms with Crippen LogP contribution in [0.2, 0.25) is 0 Å². The van der Waals surface area contributed by atoms with Gasteiger partial charge in [-0.05, 0) is 32.6 Å². The molecule has 0 aliphatic carbocycles. The Morgan fingerprint density at radius 2 is 2.09 bits per heavy atom. The first-order valence-electron chi connectivity index (χ1n) is 3.91. The summed E-state index contributed by atoms with van der Waals surface area (Å²) < 4.78 is 0. The van der Waals surface area contributed by atoms with Crippen molar-refractivity contribution in [3.8, 4) is 0 Å². The molecule has 0 saturated carbocycles. The summed E-state index contributed by atoms with van der Waals surface area (Å²) in [6.07, 6.45) is 10.2. The lowest BCUT2D eigenvalue weighted by Crippen LogP contribution is -1.78. The smallest absolute Gasteiger partial charge is 0.106 e. The number of hydrogen-bond acceptors (Lipinski definition) is 2. The summed E-state index contributed by atoms with van der Waals surface area (Å²) in [5.41, 5.74) is 0. The van der Waals surface area contributed by atoms with E-state index in [1.165, 1.54) is 6.42 Å². The maximum Gasteiger partial charge on any atom is 0.106 e. The molecule has 2 heteroatoms. The molecule has 0 aromatic heterocycles. The quantitative estimate of drug-likeness (QED) is 0.327. The van der Waals surface area contributed by atoms with Gasteiger partial charge in [0.1, 0.15) is 7.11 Å². The minimum absolute atomic E-state index is 0.999. The van der Waals surface area contributed by atoms with Crippen molar-refractivity contribution in [2.24, 2.45) is 5.16 Å². The van der Waals surface area contributed by atoms with E-state index < -0.39 is 0 Å². The van der Waals surface area contributed by atoms with Gasteiger partial charge in [0.25, 0.3) is 0 Å². The lowest BCUT2D eigenvalue weighted by atomic mass is 10.2. The molecule has 0 aliphatic rings. The molecule has 0 fully saturated rings.